The first-order valence-electron chi connectivity index (χ1n) is 5.60. The summed E-state index contributed by atoms with van der Waals surface area (Å²) in [4.78, 5) is 7.90. The first-order chi connectivity index (χ1) is 8.36. The molecule has 0 aliphatic rings. The Morgan fingerprint density at radius 1 is 1.06 bits per heavy atom. The average molecular weight is 223 g/mol. The van der Waals surface area contributed by atoms with Gasteiger partial charge in [-0.15, -0.1) is 0 Å². The van der Waals surface area contributed by atoms with Crippen LogP contribution in [0, 0.1) is 0 Å². The van der Waals surface area contributed by atoms with Crippen LogP contribution >= 0.6 is 0 Å². The number of hydrogen-bond donors (Lipinski definition) is 2. The van der Waals surface area contributed by atoms with Crippen LogP contribution in [0.25, 0.3) is 22.4 Å². The van der Waals surface area contributed by atoms with Crippen LogP contribution in [0.3, 0.4) is 0 Å². The lowest BCUT2D eigenvalue weighted by molar-refractivity contribution is 1.33. The standard InChI is InChI=1S/C14H13N3/c1-15-11-6-4-5-10(9-11)14-16-12-7-2-3-8-13(12)17-14/h2-9,15H,1H3,(H,16,17). The fourth-order valence-corrected chi connectivity index (χ4v) is 1.91. The van der Waals surface area contributed by atoms with E-state index in [4.69, 9.17) is 0 Å². The molecule has 3 nitrogen and oxygen atoms in total. The van der Waals surface area contributed by atoms with E-state index in [9.17, 15) is 0 Å². The molecule has 0 atom stereocenters. The summed E-state index contributed by atoms with van der Waals surface area (Å²) in [6.45, 7) is 0. The van der Waals surface area contributed by atoms with Crippen LogP contribution in [0.2, 0.25) is 0 Å². The Kier molecular flexibility index (Phi) is 2.29. The summed E-state index contributed by atoms with van der Waals surface area (Å²) in [6, 6.07) is 16.2. The Labute approximate surface area is 99.5 Å². The summed E-state index contributed by atoms with van der Waals surface area (Å²) in [7, 11) is 1.91. The second-order valence-electron chi connectivity index (χ2n) is 3.93. The van der Waals surface area contributed by atoms with Crippen LogP contribution in [-0.4, -0.2) is 17.0 Å². The van der Waals surface area contributed by atoms with Gasteiger partial charge in [0.15, 0.2) is 0 Å². The number of anilines is 1. The van der Waals surface area contributed by atoms with Gasteiger partial charge in [0.25, 0.3) is 0 Å². The van der Waals surface area contributed by atoms with E-state index >= 15 is 0 Å². The van der Waals surface area contributed by atoms with Crippen LogP contribution in [-0.2, 0) is 0 Å². The van der Waals surface area contributed by atoms with Gasteiger partial charge in [-0.3, -0.25) is 0 Å². The smallest absolute Gasteiger partial charge is 0.138 e. The fraction of sp³-hybridized carbons (Fsp3) is 0.0714. The number of nitrogens with one attached hydrogen (secondary N) is 2. The molecule has 1 aromatic heterocycles. The second kappa shape index (κ2) is 3.94. The van der Waals surface area contributed by atoms with E-state index in [0.717, 1.165) is 28.1 Å². The van der Waals surface area contributed by atoms with Crippen molar-refractivity contribution in [3.63, 3.8) is 0 Å². The van der Waals surface area contributed by atoms with Crippen LogP contribution in [0.1, 0.15) is 0 Å². The molecule has 3 aromatic rings. The van der Waals surface area contributed by atoms with Crippen molar-refractivity contribution in [3.8, 4) is 11.4 Å². The van der Waals surface area contributed by atoms with Crippen LogP contribution in [0.4, 0.5) is 5.69 Å². The molecule has 0 unspecified atom stereocenters. The summed E-state index contributed by atoms with van der Waals surface area (Å²) < 4.78 is 0. The lowest BCUT2D eigenvalue weighted by atomic mass is 10.2. The van der Waals surface area contributed by atoms with Gasteiger partial charge in [0.1, 0.15) is 5.82 Å². The largest absolute Gasteiger partial charge is 0.388 e. The third-order valence-electron chi connectivity index (χ3n) is 2.81. The molecule has 84 valence electrons. The van der Waals surface area contributed by atoms with Crippen molar-refractivity contribution in [2.24, 2.45) is 0 Å². The summed E-state index contributed by atoms with van der Waals surface area (Å²) in [5.74, 6) is 0.906. The molecule has 0 saturated heterocycles. The number of aromatic amines is 1. The van der Waals surface area contributed by atoms with Crippen molar-refractivity contribution in [1.29, 1.82) is 0 Å². The van der Waals surface area contributed by atoms with Crippen molar-refractivity contribution in [2.75, 3.05) is 12.4 Å². The summed E-state index contributed by atoms with van der Waals surface area (Å²) in [6.07, 6.45) is 0. The molecule has 17 heavy (non-hydrogen) atoms. The minimum Gasteiger partial charge on any atom is -0.388 e. The van der Waals surface area contributed by atoms with Gasteiger partial charge in [-0.25, -0.2) is 4.98 Å². The molecule has 3 rings (SSSR count). The summed E-state index contributed by atoms with van der Waals surface area (Å²) >= 11 is 0. The number of para-hydroxylation sites is 2. The molecule has 0 saturated carbocycles. The summed E-state index contributed by atoms with van der Waals surface area (Å²) in [5, 5.41) is 3.13. The third-order valence-corrected chi connectivity index (χ3v) is 2.81. The Hall–Kier alpha value is -2.29. The minimum atomic E-state index is 0.906. The van der Waals surface area contributed by atoms with E-state index in [1.54, 1.807) is 0 Å². The Morgan fingerprint density at radius 3 is 2.76 bits per heavy atom. The highest BCUT2D eigenvalue weighted by Gasteiger charge is 2.04. The zero-order chi connectivity index (χ0) is 11.7. The first-order valence-corrected chi connectivity index (χ1v) is 5.60. The zero-order valence-corrected chi connectivity index (χ0v) is 9.57. The second-order valence-corrected chi connectivity index (χ2v) is 3.93. The predicted octanol–water partition coefficient (Wildman–Crippen LogP) is 3.27. The molecule has 1 heterocycles. The highest BCUT2D eigenvalue weighted by Crippen LogP contribution is 2.22. The normalized spacial score (nSPS) is 10.6. The average Bonchev–Trinajstić information content (AvgIpc) is 2.82. The molecule has 0 fully saturated rings. The lowest BCUT2D eigenvalue weighted by Gasteiger charge is -2.01. The predicted molar refractivity (Wildman–Crippen MR) is 71.1 cm³/mol. The monoisotopic (exact) mass is 223 g/mol. The van der Waals surface area contributed by atoms with Gasteiger partial charge < -0.3 is 10.3 Å². The zero-order valence-electron chi connectivity index (χ0n) is 9.57. The molecule has 0 radical (unpaired) electrons. The van der Waals surface area contributed by atoms with Crippen molar-refractivity contribution in [1.82, 2.24) is 9.97 Å². The minimum absolute atomic E-state index is 0.906. The molecule has 0 aliphatic carbocycles. The lowest BCUT2D eigenvalue weighted by Crippen LogP contribution is -1.88. The highest BCUT2D eigenvalue weighted by atomic mass is 14.9. The maximum Gasteiger partial charge on any atom is 0.138 e. The van der Waals surface area contributed by atoms with Crippen molar-refractivity contribution in [2.45, 2.75) is 0 Å². The number of rotatable bonds is 2. The number of fused-ring (bicyclic) bond motifs is 1. The molecule has 2 N–H and O–H groups in total. The van der Waals surface area contributed by atoms with E-state index in [2.05, 4.69) is 27.4 Å². The Morgan fingerprint density at radius 2 is 1.94 bits per heavy atom. The fourth-order valence-electron chi connectivity index (χ4n) is 1.91. The Balaban J connectivity index is 2.13. The van der Waals surface area contributed by atoms with Gasteiger partial charge in [0, 0.05) is 18.3 Å². The molecular weight excluding hydrogens is 210 g/mol. The van der Waals surface area contributed by atoms with Crippen LogP contribution in [0.5, 0.6) is 0 Å². The molecule has 0 aliphatic heterocycles. The van der Waals surface area contributed by atoms with Crippen molar-refractivity contribution in [3.05, 3.63) is 48.5 Å². The van der Waals surface area contributed by atoms with Gasteiger partial charge in [0.05, 0.1) is 11.0 Å². The molecule has 0 bridgehead atoms. The highest BCUT2D eigenvalue weighted by molar-refractivity contribution is 5.79. The SMILES string of the molecule is CNc1cccc(-c2nc3ccccc3[nH]2)c1. The first kappa shape index (κ1) is 9.90. The van der Waals surface area contributed by atoms with Crippen LogP contribution in [0.15, 0.2) is 48.5 Å². The molecule has 3 heteroatoms. The maximum atomic E-state index is 4.58. The van der Waals surface area contributed by atoms with Gasteiger partial charge >= 0.3 is 0 Å². The molecule has 2 aromatic carbocycles. The molecule has 0 spiro atoms. The van der Waals surface area contributed by atoms with Gasteiger partial charge in [-0.1, -0.05) is 24.3 Å². The number of H-pyrrole nitrogens is 1. The van der Waals surface area contributed by atoms with E-state index in [1.165, 1.54) is 0 Å². The number of hydrogen-bond acceptors (Lipinski definition) is 2. The van der Waals surface area contributed by atoms with Crippen molar-refractivity contribution < 1.29 is 0 Å². The van der Waals surface area contributed by atoms with Crippen molar-refractivity contribution >= 4 is 16.7 Å². The van der Waals surface area contributed by atoms with E-state index in [1.807, 2.05) is 43.4 Å². The van der Waals surface area contributed by atoms with E-state index in [0.29, 0.717) is 0 Å². The quantitative estimate of drug-likeness (QED) is 0.700. The summed E-state index contributed by atoms with van der Waals surface area (Å²) in [5.41, 5.74) is 4.24. The number of imidazole rings is 1. The van der Waals surface area contributed by atoms with Gasteiger partial charge in [-0.05, 0) is 24.3 Å². The van der Waals surface area contributed by atoms with Gasteiger partial charge in [0.2, 0.25) is 0 Å². The van der Waals surface area contributed by atoms with E-state index < -0.39 is 0 Å². The Bertz CT molecular complexity index is 622. The number of benzene rings is 2. The van der Waals surface area contributed by atoms with Gasteiger partial charge in [-0.2, -0.15) is 0 Å². The maximum absolute atomic E-state index is 4.58. The number of nitrogens with zero attached hydrogens (tertiary/aromatic N) is 1. The third kappa shape index (κ3) is 1.76. The topological polar surface area (TPSA) is 40.7 Å². The molecular formula is C14H13N3. The molecule has 0 amide bonds. The van der Waals surface area contributed by atoms with E-state index in [-0.39, 0.29) is 0 Å². The van der Waals surface area contributed by atoms with Crippen LogP contribution < -0.4 is 5.32 Å². The number of aromatic nitrogens is 2.